The molecule has 0 aromatic carbocycles. The summed E-state index contributed by atoms with van der Waals surface area (Å²) >= 11 is 0. The van der Waals surface area contributed by atoms with E-state index >= 15 is 0 Å². The van der Waals surface area contributed by atoms with Gasteiger partial charge >= 0.3 is 5.97 Å². The molecule has 1 fully saturated rings. The quantitative estimate of drug-likeness (QED) is 0.732. The first kappa shape index (κ1) is 13.5. The van der Waals surface area contributed by atoms with Crippen LogP contribution in [0, 0.1) is 0 Å². The molecule has 0 amide bonds. The Labute approximate surface area is 98.3 Å². The maximum Gasteiger partial charge on any atom is 0.307 e. The van der Waals surface area contributed by atoms with Crippen molar-refractivity contribution in [3.05, 3.63) is 0 Å². The molecular weight excluding hydrogens is 204 g/mol. The minimum Gasteiger partial charge on any atom is -0.469 e. The Morgan fingerprint density at radius 3 is 2.81 bits per heavy atom. The first-order valence-corrected chi connectivity index (χ1v) is 6.11. The molecule has 0 radical (unpaired) electrons. The number of methoxy groups -OCH3 is 1. The minimum atomic E-state index is -0.119. The Morgan fingerprint density at radius 2 is 2.25 bits per heavy atom. The Balaban J connectivity index is 2.71. The van der Waals surface area contributed by atoms with Crippen molar-refractivity contribution in [3.8, 4) is 0 Å². The zero-order valence-electron chi connectivity index (χ0n) is 10.8. The fraction of sp³-hybridized carbons (Fsp3) is 0.917. The molecule has 0 aromatic rings. The van der Waals surface area contributed by atoms with Gasteiger partial charge in [0.15, 0.2) is 0 Å². The summed E-state index contributed by atoms with van der Waals surface area (Å²) in [7, 11) is 1.45. The molecule has 1 saturated heterocycles. The summed E-state index contributed by atoms with van der Waals surface area (Å²) in [6.45, 7) is 8.51. The van der Waals surface area contributed by atoms with Crippen molar-refractivity contribution in [1.82, 2.24) is 10.2 Å². The Kier molecular flexibility index (Phi) is 5.22. The van der Waals surface area contributed by atoms with Crippen molar-refractivity contribution in [2.24, 2.45) is 0 Å². The molecule has 1 heterocycles. The summed E-state index contributed by atoms with van der Waals surface area (Å²) in [5.41, 5.74) is 0. The van der Waals surface area contributed by atoms with Crippen LogP contribution in [-0.2, 0) is 9.53 Å². The van der Waals surface area contributed by atoms with Crippen molar-refractivity contribution < 1.29 is 9.53 Å². The van der Waals surface area contributed by atoms with Gasteiger partial charge in [-0.15, -0.1) is 0 Å². The van der Waals surface area contributed by atoms with E-state index in [4.69, 9.17) is 4.74 Å². The summed E-state index contributed by atoms with van der Waals surface area (Å²) in [5.74, 6) is -0.119. The Hall–Kier alpha value is -0.610. The van der Waals surface area contributed by atoms with Crippen LogP contribution in [0.1, 0.15) is 33.6 Å². The lowest BCUT2D eigenvalue weighted by atomic mass is 10.1. The molecule has 2 atom stereocenters. The smallest absolute Gasteiger partial charge is 0.307 e. The number of hydrogen-bond donors (Lipinski definition) is 1. The van der Waals surface area contributed by atoms with Crippen LogP contribution in [0.2, 0.25) is 0 Å². The zero-order valence-corrected chi connectivity index (χ0v) is 10.8. The van der Waals surface area contributed by atoms with Gasteiger partial charge in [-0.05, 0) is 33.7 Å². The van der Waals surface area contributed by atoms with Gasteiger partial charge in [-0.2, -0.15) is 0 Å². The van der Waals surface area contributed by atoms with E-state index in [1.807, 2.05) is 0 Å². The molecular formula is C12H24N2O2. The van der Waals surface area contributed by atoms with E-state index < -0.39 is 0 Å². The van der Waals surface area contributed by atoms with E-state index in [0.717, 1.165) is 19.5 Å². The van der Waals surface area contributed by atoms with Crippen molar-refractivity contribution in [1.29, 1.82) is 0 Å². The largest absolute Gasteiger partial charge is 0.469 e. The molecule has 0 aromatic heterocycles. The molecule has 16 heavy (non-hydrogen) atoms. The van der Waals surface area contributed by atoms with Gasteiger partial charge < -0.3 is 10.1 Å². The highest BCUT2D eigenvalue weighted by Crippen LogP contribution is 2.18. The zero-order chi connectivity index (χ0) is 12.1. The van der Waals surface area contributed by atoms with Gasteiger partial charge in [0, 0.05) is 24.7 Å². The Morgan fingerprint density at radius 1 is 1.56 bits per heavy atom. The third-order valence-corrected chi connectivity index (χ3v) is 3.28. The molecule has 4 nitrogen and oxygen atoms in total. The van der Waals surface area contributed by atoms with Gasteiger partial charge in [0.05, 0.1) is 13.5 Å². The van der Waals surface area contributed by atoms with E-state index in [-0.39, 0.29) is 12.0 Å². The molecule has 1 aliphatic heterocycles. The molecule has 0 aliphatic carbocycles. The van der Waals surface area contributed by atoms with Crippen LogP contribution < -0.4 is 5.32 Å². The van der Waals surface area contributed by atoms with Crippen LogP contribution in [0.3, 0.4) is 0 Å². The van der Waals surface area contributed by atoms with E-state index in [9.17, 15) is 4.79 Å². The number of rotatable bonds is 3. The van der Waals surface area contributed by atoms with Gasteiger partial charge in [0.25, 0.3) is 0 Å². The average molecular weight is 228 g/mol. The number of ether oxygens (including phenoxy) is 1. The SMILES string of the molecule is COC(=O)CC1CNCCC(C)N1C(C)C. The number of carbonyl (C=O) groups is 1. The molecule has 4 heteroatoms. The van der Waals surface area contributed by atoms with Crippen LogP contribution in [0.5, 0.6) is 0 Å². The van der Waals surface area contributed by atoms with Gasteiger partial charge in [0.2, 0.25) is 0 Å². The van der Waals surface area contributed by atoms with Crippen LogP contribution in [0.25, 0.3) is 0 Å². The fourth-order valence-electron chi connectivity index (χ4n) is 2.58. The standard InChI is InChI=1S/C12H24N2O2/c1-9(2)14-10(3)5-6-13-8-11(14)7-12(15)16-4/h9-11,13H,5-8H2,1-4H3. The number of esters is 1. The second-order valence-corrected chi connectivity index (χ2v) is 4.82. The lowest BCUT2D eigenvalue weighted by Gasteiger charge is -2.37. The summed E-state index contributed by atoms with van der Waals surface area (Å²) in [4.78, 5) is 13.8. The lowest BCUT2D eigenvalue weighted by Crippen LogP contribution is -2.48. The fourth-order valence-corrected chi connectivity index (χ4v) is 2.58. The highest BCUT2D eigenvalue weighted by atomic mass is 16.5. The summed E-state index contributed by atoms with van der Waals surface area (Å²) < 4.78 is 4.76. The maximum absolute atomic E-state index is 11.4. The predicted octanol–water partition coefficient (Wildman–Crippen LogP) is 1.01. The number of hydrogen-bond acceptors (Lipinski definition) is 4. The van der Waals surface area contributed by atoms with Gasteiger partial charge in [0.1, 0.15) is 0 Å². The van der Waals surface area contributed by atoms with Gasteiger partial charge in [-0.1, -0.05) is 0 Å². The lowest BCUT2D eigenvalue weighted by molar-refractivity contribution is -0.142. The molecule has 0 bridgehead atoms. The molecule has 94 valence electrons. The highest BCUT2D eigenvalue weighted by molar-refractivity contribution is 5.70. The van der Waals surface area contributed by atoms with Crippen LogP contribution in [0.15, 0.2) is 0 Å². The van der Waals surface area contributed by atoms with E-state index in [2.05, 4.69) is 31.0 Å². The van der Waals surface area contributed by atoms with Crippen LogP contribution in [0.4, 0.5) is 0 Å². The second kappa shape index (κ2) is 6.21. The van der Waals surface area contributed by atoms with Crippen molar-refractivity contribution in [2.45, 2.75) is 51.7 Å². The summed E-state index contributed by atoms with van der Waals surface area (Å²) in [6.07, 6.45) is 1.61. The molecule has 0 spiro atoms. The average Bonchev–Trinajstić information content (AvgIpc) is 2.39. The molecule has 1 aliphatic rings. The molecule has 2 unspecified atom stereocenters. The van der Waals surface area contributed by atoms with Crippen molar-refractivity contribution in [3.63, 3.8) is 0 Å². The van der Waals surface area contributed by atoms with Crippen LogP contribution in [-0.4, -0.2) is 49.2 Å². The third kappa shape index (κ3) is 3.46. The van der Waals surface area contributed by atoms with Crippen LogP contribution >= 0.6 is 0 Å². The van der Waals surface area contributed by atoms with E-state index in [1.165, 1.54) is 7.11 Å². The van der Waals surface area contributed by atoms with E-state index in [0.29, 0.717) is 18.5 Å². The Bertz CT molecular complexity index is 231. The first-order valence-electron chi connectivity index (χ1n) is 6.11. The van der Waals surface area contributed by atoms with Crippen molar-refractivity contribution >= 4 is 5.97 Å². The first-order chi connectivity index (χ1) is 7.56. The van der Waals surface area contributed by atoms with Gasteiger partial charge in [-0.25, -0.2) is 0 Å². The molecule has 1 N–H and O–H groups in total. The summed E-state index contributed by atoms with van der Waals surface area (Å²) in [6, 6.07) is 1.24. The third-order valence-electron chi connectivity index (χ3n) is 3.28. The highest BCUT2D eigenvalue weighted by Gasteiger charge is 2.29. The summed E-state index contributed by atoms with van der Waals surface area (Å²) in [5, 5.41) is 3.39. The minimum absolute atomic E-state index is 0.119. The maximum atomic E-state index is 11.4. The number of nitrogens with zero attached hydrogens (tertiary/aromatic N) is 1. The number of carbonyl (C=O) groups excluding carboxylic acids is 1. The predicted molar refractivity (Wildman–Crippen MR) is 64.3 cm³/mol. The monoisotopic (exact) mass is 228 g/mol. The molecule has 0 saturated carbocycles. The van der Waals surface area contributed by atoms with Gasteiger partial charge in [-0.3, -0.25) is 9.69 Å². The topological polar surface area (TPSA) is 41.6 Å². The van der Waals surface area contributed by atoms with Crippen molar-refractivity contribution in [2.75, 3.05) is 20.2 Å². The normalized spacial score (nSPS) is 27.8. The molecule has 1 rings (SSSR count). The number of nitrogens with one attached hydrogen (secondary N) is 1. The second-order valence-electron chi connectivity index (χ2n) is 4.82. The van der Waals surface area contributed by atoms with E-state index in [1.54, 1.807) is 0 Å².